The minimum absolute atomic E-state index is 0.0520. The molecule has 0 fully saturated rings. The fourth-order valence-electron chi connectivity index (χ4n) is 1.75. The lowest BCUT2D eigenvalue weighted by Gasteiger charge is -2.21. The fourth-order valence-corrected chi connectivity index (χ4v) is 1.75. The molecule has 104 valence electrons. The van der Waals surface area contributed by atoms with Crippen molar-refractivity contribution in [3.8, 4) is 0 Å². The molecule has 0 spiro atoms. The maximum atomic E-state index is 11.9. The zero-order chi connectivity index (χ0) is 14.4. The van der Waals surface area contributed by atoms with E-state index in [1.54, 1.807) is 24.1 Å². The van der Waals surface area contributed by atoms with Gasteiger partial charge in [0.15, 0.2) is 5.78 Å². The van der Waals surface area contributed by atoms with E-state index in [-0.39, 0.29) is 17.7 Å². The van der Waals surface area contributed by atoms with Crippen molar-refractivity contribution >= 4 is 17.4 Å². The molecule has 1 unspecified atom stereocenters. The summed E-state index contributed by atoms with van der Waals surface area (Å²) < 4.78 is 0. The molecule has 0 aliphatic heterocycles. The van der Waals surface area contributed by atoms with Crippen LogP contribution in [0.5, 0.6) is 0 Å². The summed E-state index contributed by atoms with van der Waals surface area (Å²) in [6.07, 6.45) is 0.503. The van der Waals surface area contributed by atoms with E-state index in [2.05, 4.69) is 5.32 Å². The second-order valence-electron chi connectivity index (χ2n) is 4.57. The molecule has 0 aliphatic carbocycles. The van der Waals surface area contributed by atoms with Gasteiger partial charge in [0, 0.05) is 31.3 Å². The Morgan fingerprint density at radius 3 is 2.26 bits per heavy atom. The number of amides is 1. The van der Waals surface area contributed by atoms with Crippen LogP contribution in [0.25, 0.3) is 0 Å². The summed E-state index contributed by atoms with van der Waals surface area (Å²) in [5.74, 6) is 0.178. The lowest BCUT2D eigenvalue weighted by atomic mass is 10.1. The molecule has 4 nitrogen and oxygen atoms in total. The first-order chi connectivity index (χ1) is 8.99. The number of hydrogen-bond donors (Lipinski definition) is 1. The lowest BCUT2D eigenvalue weighted by molar-refractivity contribution is -0.130. The predicted octanol–water partition coefficient (Wildman–Crippen LogP) is 2.56. The van der Waals surface area contributed by atoms with Crippen LogP contribution in [0.2, 0.25) is 0 Å². The molecule has 0 aliphatic rings. The Labute approximate surface area is 114 Å². The van der Waals surface area contributed by atoms with Crippen molar-refractivity contribution < 1.29 is 9.59 Å². The summed E-state index contributed by atoms with van der Waals surface area (Å²) in [6, 6.07) is 6.96. The first-order valence-corrected chi connectivity index (χ1v) is 6.64. The minimum Gasteiger partial charge on any atom is -0.374 e. The maximum absolute atomic E-state index is 11.9. The van der Waals surface area contributed by atoms with Gasteiger partial charge in [-0.2, -0.15) is 0 Å². The van der Waals surface area contributed by atoms with E-state index in [1.807, 2.05) is 32.9 Å². The summed E-state index contributed by atoms with van der Waals surface area (Å²) in [5, 5.41) is 3.14. The zero-order valence-electron chi connectivity index (χ0n) is 12.1. The molecule has 1 N–H and O–H groups in total. The Kier molecular flexibility index (Phi) is 5.55. The van der Waals surface area contributed by atoms with Crippen LogP contribution >= 0.6 is 0 Å². The molecule has 4 heteroatoms. The van der Waals surface area contributed by atoms with Crippen molar-refractivity contribution in [2.24, 2.45) is 0 Å². The SMILES string of the molecule is CCC(=O)c1ccc(NC(C)C(=O)N(C)CC)cc1. The number of nitrogens with zero attached hydrogens (tertiary/aromatic N) is 1. The van der Waals surface area contributed by atoms with Crippen molar-refractivity contribution in [3.05, 3.63) is 29.8 Å². The molecule has 1 amide bonds. The molecule has 0 aromatic heterocycles. The average Bonchev–Trinajstić information content (AvgIpc) is 2.45. The molecule has 0 saturated heterocycles. The number of benzene rings is 1. The van der Waals surface area contributed by atoms with Crippen LogP contribution in [0.1, 0.15) is 37.6 Å². The molecular weight excluding hydrogens is 240 g/mol. The number of rotatable bonds is 6. The second kappa shape index (κ2) is 6.92. The Morgan fingerprint density at radius 2 is 1.79 bits per heavy atom. The molecule has 19 heavy (non-hydrogen) atoms. The van der Waals surface area contributed by atoms with Crippen molar-refractivity contribution in [1.29, 1.82) is 0 Å². The largest absolute Gasteiger partial charge is 0.374 e. The van der Waals surface area contributed by atoms with Gasteiger partial charge >= 0.3 is 0 Å². The quantitative estimate of drug-likeness (QED) is 0.802. The maximum Gasteiger partial charge on any atom is 0.244 e. The van der Waals surface area contributed by atoms with Gasteiger partial charge in [-0.3, -0.25) is 9.59 Å². The van der Waals surface area contributed by atoms with E-state index in [0.29, 0.717) is 18.5 Å². The van der Waals surface area contributed by atoms with Gasteiger partial charge < -0.3 is 10.2 Å². The number of hydrogen-bond acceptors (Lipinski definition) is 3. The van der Waals surface area contributed by atoms with Gasteiger partial charge in [-0.25, -0.2) is 0 Å². The number of nitrogens with one attached hydrogen (secondary N) is 1. The number of Topliss-reactive ketones (excluding diaryl/α,β-unsaturated/α-hetero) is 1. The van der Waals surface area contributed by atoms with Crippen molar-refractivity contribution in [2.45, 2.75) is 33.2 Å². The van der Waals surface area contributed by atoms with Gasteiger partial charge in [-0.1, -0.05) is 6.92 Å². The van der Waals surface area contributed by atoms with Gasteiger partial charge in [0.05, 0.1) is 0 Å². The Bertz CT molecular complexity index is 440. The molecule has 1 aromatic carbocycles. The molecule has 0 saturated carbocycles. The summed E-state index contributed by atoms with van der Waals surface area (Å²) >= 11 is 0. The first-order valence-electron chi connectivity index (χ1n) is 6.64. The van der Waals surface area contributed by atoms with Gasteiger partial charge in [0.25, 0.3) is 0 Å². The van der Waals surface area contributed by atoms with Gasteiger partial charge in [-0.05, 0) is 38.1 Å². The summed E-state index contributed by atoms with van der Waals surface area (Å²) in [4.78, 5) is 25.1. The van der Waals surface area contributed by atoms with E-state index >= 15 is 0 Å². The number of carbonyl (C=O) groups excluding carboxylic acids is 2. The Hall–Kier alpha value is -1.84. The van der Waals surface area contributed by atoms with Crippen LogP contribution in [0, 0.1) is 0 Å². The highest BCUT2D eigenvalue weighted by molar-refractivity contribution is 5.96. The van der Waals surface area contributed by atoms with Crippen molar-refractivity contribution in [3.63, 3.8) is 0 Å². The first kappa shape index (κ1) is 15.2. The highest BCUT2D eigenvalue weighted by Gasteiger charge is 2.15. The van der Waals surface area contributed by atoms with E-state index in [4.69, 9.17) is 0 Å². The highest BCUT2D eigenvalue weighted by atomic mass is 16.2. The number of ketones is 1. The third-order valence-electron chi connectivity index (χ3n) is 3.13. The zero-order valence-corrected chi connectivity index (χ0v) is 12.1. The normalized spacial score (nSPS) is 11.8. The van der Waals surface area contributed by atoms with Gasteiger partial charge in [0.2, 0.25) is 5.91 Å². The average molecular weight is 262 g/mol. The van der Waals surface area contributed by atoms with Crippen LogP contribution in [0.15, 0.2) is 24.3 Å². The standard InChI is InChI=1S/C15H22N2O2/c1-5-14(18)12-7-9-13(10-8-12)16-11(3)15(19)17(4)6-2/h7-11,16H,5-6H2,1-4H3. The Morgan fingerprint density at radius 1 is 1.21 bits per heavy atom. The summed E-state index contributed by atoms with van der Waals surface area (Å²) in [7, 11) is 1.78. The molecule has 1 aromatic rings. The monoisotopic (exact) mass is 262 g/mol. The van der Waals surface area contributed by atoms with E-state index in [0.717, 1.165) is 5.69 Å². The molecule has 0 radical (unpaired) electrons. The highest BCUT2D eigenvalue weighted by Crippen LogP contribution is 2.12. The Balaban J connectivity index is 2.68. The number of likely N-dealkylation sites (N-methyl/N-ethyl adjacent to an activating group) is 1. The predicted molar refractivity (Wildman–Crippen MR) is 77.5 cm³/mol. The summed E-state index contributed by atoms with van der Waals surface area (Å²) in [6.45, 7) is 6.31. The minimum atomic E-state index is -0.280. The molecular formula is C15H22N2O2. The third kappa shape index (κ3) is 4.09. The molecule has 0 heterocycles. The molecule has 0 bridgehead atoms. The van der Waals surface area contributed by atoms with Crippen molar-refractivity contribution in [2.75, 3.05) is 18.9 Å². The van der Waals surface area contributed by atoms with Gasteiger partial charge in [0.1, 0.15) is 6.04 Å². The number of anilines is 1. The van der Waals surface area contributed by atoms with E-state index in [9.17, 15) is 9.59 Å². The van der Waals surface area contributed by atoms with Crippen LogP contribution in [-0.2, 0) is 4.79 Å². The van der Waals surface area contributed by atoms with E-state index in [1.165, 1.54) is 0 Å². The smallest absolute Gasteiger partial charge is 0.244 e. The topological polar surface area (TPSA) is 49.4 Å². The van der Waals surface area contributed by atoms with Crippen LogP contribution < -0.4 is 5.32 Å². The lowest BCUT2D eigenvalue weighted by Crippen LogP contribution is -2.38. The third-order valence-corrected chi connectivity index (χ3v) is 3.13. The van der Waals surface area contributed by atoms with Crippen molar-refractivity contribution in [1.82, 2.24) is 4.90 Å². The second-order valence-corrected chi connectivity index (χ2v) is 4.57. The summed E-state index contributed by atoms with van der Waals surface area (Å²) in [5.41, 5.74) is 1.55. The molecule has 1 rings (SSSR count). The number of carbonyl (C=O) groups is 2. The van der Waals surface area contributed by atoms with E-state index < -0.39 is 0 Å². The fraction of sp³-hybridized carbons (Fsp3) is 0.467. The molecule has 1 atom stereocenters. The van der Waals surface area contributed by atoms with Gasteiger partial charge in [-0.15, -0.1) is 0 Å². The van der Waals surface area contributed by atoms with Crippen LogP contribution in [0.3, 0.4) is 0 Å². The van der Waals surface area contributed by atoms with Crippen LogP contribution in [0.4, 0.5) is 5.69 Å². The van der Waals surface area contributed by atoms with Crippen LogP contribution in [-0.4, -0.2) is 36.2 Å².